The molecule has 6 nitrogen and oxygen atoms in total. The second kappa shape index (κ2) is 5.88. The summed E-state index contributed by atoms with van der Waals surface area (Å²) in [6.45, 7) is 0. The second-order valence-corrected chi connectivity index (χ2v) is 6.20. The Labute approximate surface area is 155 Å². The van der Waals surface area contributed by atoms with Crippen LogP contribution < -0.4 is 9.64 Å². The summed E-state index contributed by atoms with van der Waals surface area (Å²) < 4.78 is 5.84. The Balaban J connectivity index is 1.61. The summed E-state index contributed by atoms with van der Waals surface area (Å²) in [6, 6.07) is 14.8. The quantitative estimate of drug-likeness (QED) is 0.669. The van der Waals surface area contributed by atoms with Crippen molar-refractivity contribution in [3.05, 3.63) is 84.1 Å². The Kier molecular flexibility index (Phi) is 3.36. The van der Waals surface area contributed by atoms with Gasteiger partial charge in [0.1, 0.15) is 11.4 Å². The number of rotatable bonds is 1. The van der Waals surface area contributed by atoms with E-state index < -0.39 is 0 Å². The molecule has 0 amide bonds. The van der Waals surface area contributed by atoms with Gasteiger partial charge in [0.05, 0.1) is 23.1 Å². The molecule has 130 valence electrons. The van der Waals surface area contributed by atoms with Crippen LogP contribution in [0.15, 0.2) is 78.0 Å². The standard InChI is InChI=1S/C21H14N4O2/c1-25-15-8-2-3-9-16(15)27-17(25)12-24-20-13-6-4-10-22-18(13)19-14(21(20)26)7-5-11-23-19/h2-12H,1H3/b17-12-,24-20-. The van der Waals surface area contributed by atoms with Gasteiger partial charge in [-0.05, 0) is 36.4 Å². The van der Waals surface area contributed by atoms with Gasteiger partial charge in [-0.3, -0.25) is 14.8 Å². The maximum atomic E-state index is 13.0. The van der Waals surface area contributed by atoms with E-state index >= 15 is 0 Å². The average molecular weight is 354 g/mol. The zero-order valence-corrected chi connectivity index (χ0v) is 14.5. The molecule has 2 aromatic heterocycles. The van der Waals surface area contributed by atoms with Gasteiger partial charge in [0.25, 0.3) is 0 Å². The lowest BCUT2D eigenvalue weighted by Crippen LogP contribution is -2.23. The molecular weight excluding hydrogens is 340 g/mol. The number of anilines is 1. The maximum absolute atomic E-state index is 13.0. The summed E-state index contributed by atoms with van der Waals surface area (Å²) in [4.78, 5) is 28.1. The topological polar surface area (TPSA) is 67.7 Å². The molecule has 0 spiro atoms. The van der Waals surface area contributed by atoms with Crippen LogP contribution in [0.5, 0.6) is 5.75 Å². The van der Waals surface area contributed by atoms with Gasteiger partial charge in [0.15, 0.2) is 5.75 Å². The van der Waals surface area contributed by atoms with E-state index in [2.05, 4.69) is 15.0 Å². The van der Waals surface area contributed by atoms with Crippen molar-refractivity contribution in [3.63, 3.8) is 0 Å². The molecule has 1 aromatic carbocycles. The van der Waals surface area contributed by atoms with E-state index in [-0.39, 0.29) is 5.78 Å². The number of carbonyl (C=O) groups is 1. The maximum Gasteiger partial charge on any atom is 0.218 e. The van der Waals surface area contributed by atoms with Crippen LogP contribution in [-0.4, -0.2) is 28.5 Å². The number of carbonyl (C=O) groups excluding carboxylic acids is 1. The van der Waals surface area contributed by atoms with Gasteiger partial charge < -0.3 is 9.64 Å². The van der Waals surface area contributed by atoms with Gasteiger partial charge in [-0.25, -0.2) is 4.99 Å². The molecule has 0 unspecified atom stereocenters. The van der Waals surface area contributed by atoms with Crippen molar-refractivity contribution >= 4 is 17.2 Å². The zero-order chi connectivity index (χ0) is 18.4. The summed E-state index contributed by atoms with van der Waals surface area (Å²) in [6.07, 6.45) is 4.92. The lowest BCUT2D eigenvalue weighted by molar-refractivity contribution is 0.106. The fourth-order valence-corrected chi connectivity index (χ4v) is 3.29. The van der Waals surface area contributed by atoms with Crippen LogP contribution in [0.1, 0.15) is 15.9 Å². The molecular formula is C21H14N4O2. The van der Waals surface area contributed by atoms with E-state index in [0.29, 0.717) is 34.1 Å². The summed E-state index contributed by atoms with van der Waals surface area (Å²) in [5.74, 6) is 1.14. The number of hydrogen-bond donors (Lipinski definition) is 0. The number of fused-ring (bicyclic) bond motifs is 4. The highest BCUT2D eigenvalue weighted by Gasteiger charge is 2.30. The molecule has 5 rings (SSSR count). The highest BCUT2D eigenvalue weighted by atomic mass is 16.5. The molecule has 0 atom stereocenters. The van der Waals surface area contributed by atoms with Crippen molar-refractivity contribution in [2.75, 3.05) is 11.9 Å². The number of para-hydroxylation sites is 2. The van der Waals surface area contributed by atoms with Crippen molar-refractivity contribution in [2.45, 2.75) is 0 Å². The number of aromatic nitrogens is 2. The van der Waals surface area contributed by atoms with Crippen LogP contribution in [0.2, 0.25) is 0 Å². The van der Waals surface area contributed by atoms with E-state index in [0.717, 1.165) is 11.4 Å². The molecule has 0 bridgehead atoms. The van der Waals surface area contributed by atoms with Crippen molar-refractivity contribution in [1.82, 2.24) is 9.97 Å². The number of Topliss-reactive ketones (excluding diaryl/α,β-unsaturated/α-hetero) is 1. The van der Waals surface area contributed by atoms with Crippen molar-refractivity contribution in [3.8, 4) is 17.1 Å². The van der Waals surface area contributed by atoms with Crippen molar-refractivity contribution in [2.24, 2.45) is 4.99 Å². The highest BCUT2D eigenvalue weighted by molar-refractivity contribution is 6.54. The number of nitrogens with zero attached hydrogens (tertiary/aromatic N) is 4. The number of pyridine rings is 2. The first-order valence-electron chi connectivity index (χ1n) is 8.48. The summed E-state index contributed by atoms with van der Waals surface area (Å²) >= 11 is 0. The Hall–Kier alpha value is -3.80. The summed E-state index contributed by atoms with van der Waals surface area (Å²) in [5, 5.41) is 0. The number of ether oxygens (including phenoxy) is 1. The third-order valence-electron chi connectivity index (χ3n) is 4.63. The monoisotopic (exact) mass is 354 g/mol. The lowest BCUT2D eigenvalue weighted by Gasteiger charge is -2.18. The minimum Gasteiger partial charge on any atom is -0.437 e. The SMILES string of the molecule is CN1/C(=C/N=C2\C(=O)c3cccnc3-c3ncccc32)Oc2ccccc21. The third-order valence-corrected chi connectivity index (χ3v) is 4.63. The van der Waals surface area contributed by atoms with E-state index in [1.165, 1.54) is 0 Å². The smallest absolute Gasteiger partial charge is 0.218 e. The van der Waals surface area contributed by atoms with E-state index in [1.807, 2.05) is 42.3 Å². The number of hydrogen-bond acceptors (Lipinski definition) is 6. The molecule has 0 saturated heterocycles. The molecule has 3 heterocycles. The van der Waals surface area contributed by atoms with Crippen molar-refractivity contribution in [1.29, 1.82) is 0 Å². The Morgan fingerprint density at radius 2 is 1.67 bits per heavy atom. The predicted molar refractivity (Wildman–Crippen MR) is 102 cm³/mol. The van der Waals surface area contributed by atoms with Gasteiger partial charge in [0, 0.05) is 25.0 Å². The normalized spacial score (nSPS) is 17.5. The van der Waals surface area contributed by atoms with Crippen LogP contribution >= 0.6 is 0 Å². The Morgan fingerprint density at radius 1 is 0.963 bits per heavy atom. The van der Waals surface area contributed by atoms with E-state index in [1.54, 1.807) is 36.8 Å². The average Bonchev–Trinajstić information content (AvgIpc) is 3.04. The molecule has 1 aliphatic heterocycles. The second-order valence-electron chi connectivity index (χ2n) is 6.20. The minimum atomic E-state index is -0.173. The van der Waals surface area contributed by atoms with Gasteiger partial charge in [-0.15, -0.1) is 0 Å². The van der Waals surface area contributed by atoms with Gasteiger partial charge in [-0.2, -0.15) is 0 Å². The first-order valence-corrected chi connectivity index (χ1v) is 8.48. The third kappa shape index (κ3) is 2.34. The fourth-order valence-electron chi connectivity index (χ4n) is 3.29. The van der Waals surface area contributed by atoms with Gasteiger partial charge in [-0.1, -0.05) is 12.1 Å². The van der Waals surface area contributed by atoms with E-state index in [4.69, 9.17) is 4.74 Å². The van der Waals surface area contributed by atoms with Crippen LogP contribution in [0.25, 0.3) is 11.4 Å². The van der Waals surface area contributed by atoms with Crippen LogP contribution in [0, 0.1) is 0 Å². The van der Waals surface area contributed by atoms with Crippen LogP contribution in [-0.2, 0) is 0 Å². The lowest BCUT2D eigenvalue weighted by atomic mass is 9.90. The number of benzene rings is 1. The molecule has 0 radical (unpaired) electrons. The summed E-state index contributed by atoms with van der Waals surface area (Å²) in [7, 11) is 1.90. The zero-order valence-electron chi connectivity index (χ0n) is 14.5. The largest absolute Gasteiger partial charge is 0.437 e. The molecule has 3 aromatic rings. The van der Waals surface area contributed by atoms with Crippen molar-refractivity contribution < 1.29 is 9.53 Å². The molecule has 6 heteroatoms. The first kappa shape index (κ1) is 15.5. The van der Waals surface area contributed by atoms with Gasteiger partial charge in [0.2, 0.25) is 11.7 Å². The molecule has 2 aliphatic rings. The molecule has 0 saturated carbocycles. The van der Waals surface area contributed by atoms with E-state index in [9.17, 15) is 4.79 Å². The molecule has 27 heavy (non-hydrogen) atoms. The van der Waals surface area contributed by atoms with Gasteiger partial charge >= 0.3 is 0 Å². The summed E-state index contributed by atoms with van der Waals surface area (Å²) in [5.41, 5.74) is 3.71. The Morgan fingerprint density at radius 3 is 2.44 bits per heavy atom. The molecule has 0 fully saturated rings. The number of aliphatic imine (C=N–C) groups is 1. The predicted octanol–water partition coefficient (Wildman–Crippen LogP) is 3.46. The molecule has 1 aliphatic carbocycles. The highest BCUT2D eigenvalue weighted by Crippen LogP contribution is 2.37. The van der Waals surface area contributed by atoms with Crippen LogP contribution in [0.3, 0.4) is 0 Å². The minimum absolute atomic E-state index is 0.173. The fraction of sp³-hybridized carbons (Fsp3) is 0.0476. The first-order chi connectivity index (χ1) is 13.2. The van der Waals surface area contributed by atoms with Crippen LogP contribution in [0.4, 0.5) is 5.69 Å². The number of ketones is 1. The molecule has 0 N–H and O–H groups in total. The Bertz CT molecular complexity index is 1150.